The van der Waals surface area contributed by atoms with Crippen molar-refractivity contribution >= 4 is 11.9 Å². The Morgan fingerprint density at radius 3 is 2.48 bits per heavy atom. The molecule has 162 valence electrons. The fourth-order valence-electron chi connectivity index (χ4n) is 5.89. The molecule has 0 radical (unpaired) electrons. The number of methoxy groups -OCH3 is 1. The van der Waals surface area contributed by atoms with Gasteiger partial charge in [0, 0.05) is 13.1 Å². The van der Waals surface area contributed by atoms with Crippen molar-refractivity contribution in [1.29, 1.82) is 0 Å². The number of rotatable bonds is 3. The third-order valence-electron chi connectivity index (χ3n) is 7.67. The molecule has 1 saturated carbocycles. The van der Waals surface area contributed by atoms with Crippen molar-refractivity contribution in [2.24, 2.45) is 11.3 Å². The van der Waals surface area contributed by atoms with Crippen LogP contribution in [0.1, 0.15) is 43.9 Å². The van der Waals surface area contributed by atoms with Gasteiger partial charge in [0.2, 0.25) is 5.91 Å². The summed E-state index contributed by atoms with van der Waals surface area (Å²) in [4.78, 5) is 27.1. The van der Waals surface area contributed by atoms with Crippen molar-refractivity contribution in [2.45, 2.75) is 38.0 Å². The summed E-state index contributed by atoms with van der Waals surface area (Å²) >= 11 is 0. The molecule has 2 aromatic rings. The van der Waals surface area contributed by atoms with E-state index >= 15 is 0 Å². The predicted molar refractivity (Wildman–Crippen MR) is 107 cm³/mol. The smallest absolute Gasteiger partial charge is 0.312 e. The zero-order chi connectivity index (χ0) is 22.1. The number of hydrogen-bond donors (Lipinski definition) is 0. The molecular weight excluding hydrogens is 404 g/mol. The highest BCUT2D eigenvalue weighted by atomic mass is 19.1. The Morgan fingerprint density at radius 2 is 1.84 bits per heavy atom. The third kappa shape index (κ3) is 2.47. The summed E-state index contributed by atoms with van der Waals surface area (Å²) in [7, 11) is 1.34. The predicted octanol–water partition coefficient (Wildman–Crippen LogP) is 3.21. The van der Waals surface area contributed by atoms with E-state index in [-0.39, 0.29) is 35.0 Å². The topological polar surface area (TPSA) is 72.4 Å². The lowest BCUT2D eigenvalue weighted by Crippen LogP contribution is -2.60. The number of carbonyl (C=O) groups excluding carboxylic acids is 2. The highest BCUT2D eigenvalue weighted by Crippen LogP contribution is 2.68. The summed E-state index contributed by atoms with van der Waals surface area (Å²) in [6.45, 7) is 4.75. The van der Waals surface area contributed by atoms with Crippen LogP contribution in [0.5, 0.6) is 0 Å². The first-order valence-electron chi connectivity index (χ1n) is 10.4. The van der Waals surface area contributed by atoms with Gasteiger partial charge in [0.05, 0.1) is 35.4 Å². The maximum atomic E-state index is 14.3. The number of amides is 1. The number of fused-ring (bicyclic) bond motifs is 5. The second kappa shape index (κ2) is 6.55. The van der Waals surface area contributed by atoms with Crippen molar-refractivity contribution in [3.63, 3.8) is 0 Å². The zero-order valence-corrected chi connectivity index (χ0v) is 17.6. The first kappa shape index (κ1) is 20.0. The monoisotopic (exact) mass is 427 g/mol. The van der Waals surface area contributed by atoms with Crippen molar-refractivity contribution < 1.29 is 23.1 Å². The summed E-state index contributed by atoms with van der Waals surface area (Å²) in [5.74, 6) is -2.03. The van der Waals surface area contributed by atoms with E-state index in [0.717, 1.165) is 12.0 Å². The van der Waals surface area contributed by atoms with Gasteiger partial charge < -0.3 is 9.64 Å². The summed E-state index contributed by atoms with van der Waals surface area (Å²) in [6.07, 6.45) is 1.42. The molecule has 2 atom stereocenters. The van der Waals surface area contributed by atoms with E-state index in [2.05, 4.69) is 10.2 Å². The van der Waals surface area contributed by atoms with Gasteiger partial charge >= 0.3 is 5.97 Å². The lowest BCUT2D eigenvalue weighted by molar-refractivity contribution is -0.159. The number of hydrogen-bond acceptors (Lipinski definition) is 5. The molecule has 0 N–H and O–H groups in total. The zero-order valence-electron chi connectivity index (χ0n) is 17.6. The second-order valence-electron chi connectivity index (χ2n) is 9.28. The first-order valence-corrected chi connectivity index (χ1v) is 10.4. The number of ether oxygens (including phenoxy) is 1. The molecule has 6 nitrogen and oxygen atoms in total. The molecule has 8 heteroatoms. The van der Waals surface area contributed by atoms with Crippen molar-refractivity contribution in [1.82, 2.24) is 15.1 Å². The summed E-state index contributed by atoms with van der Waals surface area (Å²) in [5.41, 5.74) is 0.0810. The molecule has 5 rings (SSSR count). The maximum absolute atomic E-state index is 14.3. The molecule has 1 saturated heterocycles. The Bertz CT molecular complexity index is 1090. The summed E-state index contributed by atoms with van der Waals surface area (Å²) in [6, 6.07) is 5.38. The lowest BCUT2D eigenvalue weighted by atomic mass is 9.67. The third-order valence-corrected chi connectivity index (χ3v) is 7.67. The minimum Gasteiger partial charge on any atom is -0.469 e. The van der Waals surface area contributed by atoms with E-state index in [1.165, 1.54) is 25.3 Å². The van der Waals surface area contributed by atoms with Crippen LogP contribution in [0.3, 0.4) is 0 Å². The van der Waals surface area contributed by atoms with Crippen LogP contribution in [0.4, 0.5) is 8.78 Å². The Morgan fingerprint density at radius 1 is 1.16 bits per heavy atom. The Labute approximate surface area is 178 Å². The van der Waals surface area contributed by atoms with Crippen LogP contribution in [-0.2, 0) is 19.7 Å². The molecule has 2 bridgehead atoms. The molecule has 1 aromatic carbocycles. The number of aromatic nitrogens is 2. The van der Waals surface area contributed by atoms with Gasteiger partial charge in [-0.25, -0.2) is 8.78 Å². The van der Waals surface area contributed by atoms with E-state index in [9.17, 15) is 18.4 Å². The molecular formula is C23H23F2N3O3. The van der Waals surface area contributed by atoms with Gasteiger partial charge in [0.15, 0.2) is 0 Å². The molecule has 1 amide bonds. The SMILES string of the molecule is COC(=O)C1CN(C(=O)[C@@]23CC[C@@H](c4cc(-c5c(F)cccc5F)nnc42)C3(C)C)C1. The van der Waals surface area contributed by atoms with Crippen LogP contribution >= 0.6 is 0 Å². The van der Waals surface area contributed by atoms with E-state index < -0.39 is 22.5 Å². The van der Waals surface area contributed by atoms with Gasteiger partial charge in [0.25, 0.3) is 0 Å². The fourth-order valence-corrected chi connectivity index (χ4v) is 5.89. The molecule has 2 aliphatic carbocycles. The minimum absolute atomic E-state index is 0.0354. The molecule has 1 aromatic heterocycles. The fraction of sp³-hybridized carbons (Fsp3) is 0.478. The van der Waals surface area contributed by atoms with Crippen LogP contribution < -0.4 is 0 Å². The second-order valence-corrected chi connectivity index (χ2v) is 9.28. The molecule has 0 unspecified atom stereocenters. The quantitative estimate of drug-likeness (QED) is 0.704. The molecule has 1 aliphatic heterocycles. The maximum Gasteiger partial charge on any atom is 0.312 e. The Balaban J connectivity index is 1.55. The average Bonchev–Trinajstić information content (AvgIpc) is 3.08. The number of likely N-dealkylation sites (tertiary alicyclic amines) is 1. The Kier molecular flexibility index (Phi) is 4.23. The van der Waals surface area contributed by atoms with Gasteiger partial charge in [-0.15, -0.1) is 5.10 Å². The van der Waals surface area contributed by atoms with Gasteiger partial charge in [-0.3, -0.25) is 9.59 Å². The van der Waals surface area contributed by atoms with Gasteiger partial charge in [-0.05, 0) is 47.9 Å². The van der Waals surface area contributed by atoms with Crippen LogP contribution in [0.2, 0.25) is 0 Å². The van der Waals surface area contributed by atoms with Crippen LogP contribution in [0.25, 0.3) is 11.3 Å². The van der Waals surface area contributed by atoms with E-state index in [1.807, 2.05) is 13.8 Å². The summed E-state index contributed by atoms with van der Waals surface area (Å²) < 4.78 is 33.4. The largest absolute Gasteiger partial charge is 0.469 e. The number of carbonyl (C=O) groups is 2. The van der Waals surface area contributed by atoms with Gasteiger partial charge in [-0.1, -0.05) is 19.9 Å². The molecule has 31 heavy (non-hydrogen) atoms. The number of nitrogens with zero attached hydrogens (tertiary/aromatic N) is 3. The average molecular weight is 427 g/mol. The minimum atomic E-state index is -0.854. The lowest BCUT2D eigenvalue weighted by Gasteiger charge is -2.45. The van der Waals surface area contributed by atoms with Crippen molar-refractivity contribution in [3.8, 4) is 11.3 Å². The van der Waals surface area contributed by atoms with E-state index in [4.69, 9.17) is 4.74 Å². The molecule has 0 spiro atoms. The molecule has 3 aliphatic rings. The van der Waals surface area contributed by atoms with Crippen LogP contribution in [0.15, 0.2) is 24.3 Å². The standard InChI is InChI=1S/C23H23F2N3O3/c1-22(2)14-7-8-23(22,21(30)28-10-12(11-28)20(29)31-3)19-13(14)9-17(26-27-19)18-15(24)5-4-6-16(18)25/h4-6,9,12,14H,7-8,10-11H2,1-3H3/t14-,23+/m0/s1. The summed E-state index contributed by atoms with van der Waals surface area (Å²) in [5, 5.41) is 8.52. The Hall–Kier alpha value is -2.90. The van der Waals surface area contributed by atoms with Crippen molar-refractivity contribution in [2.75, 3.05) is 20.2 Å². The highest BCUT2D eigenvalue weighted by Gasteiger charge is 2.68. The van der Waals surface area contributed by atoms with Gasteiger partial charge in [-0.2, -0.15) is 5.10 Å². The van der Waals surface area contributed by atoms with E-state index in [0.29, 0.717) is 25.2 Å². The van der Waals surface area contributed by atoms with Gasteiger partial charge in [0.1, 0.15) is 11.6 Å². The normalized spacial score (nSPS) is 25.8. The van der Waals surface area contributed by atoms with E-state index in [1.54, 1.807) is 11.0 Å². The number of esters is 1. The molecule has 2 heterocycles. The molecule has 2 fully saturated rings. The first-order chi connectivity index (χ1) is 14.7. The van der Waals surface area contributed by atoms with Crippen LogP contribution in [-0.4, -0.2) is 47.2 Å². The van der Waals surface area contributed by atoms with Crippen LogP contribution in [0, 0.1) is 23.0 Å². The highest BCUT2D eigenvalue weighted by molar-refractivity contribution is 5.93. The van der Waals surface area contributed by atoms with Crippen molar-refractivity contribution in [3.05, 3.63) is 47.2 Å². The number of halogens is 2. The number of benzene rings is 1.